The second kappa shape index (κ2) is 8.92. The molecule has 1 atom stereocenters. The van der Waals surface area contributed by atoms with E-state index in [9.17, 15) is 9.59 Å². The van der Waals surface area contributed by atoms with Crippen LogP contribution in [-0.4, -0.2) is 74.0 Å². The van der Waals surface area contributed by atoms with Crippen LogP contribution in [0.25, 0.3) is 0 Å². The summed E-state index contributed by atoms with van der Waals surface area (Å²) in [6, 6.07) is 0.436. The van der Waals surface area contributed by atoms with Crippen LogP contribution in [0.15, 0.2) is 0 Å². The van der Waals surface area contributed by atoms with Crippen LogP contribution in [0.5, 0.6) is 0 Å². The lowest BCUT2D eigenvalue weighted by Gasteiger charge is -2.28. The van der Waals surface area contributed by atoms with Crippen LogP contribution in [0.1, 0.15) is 26.7 Å². The summed E-state index contributed by atoms with van der Waals surface area (Å²) in [6.45, 7) is 8.08. The fraction of sp³-hybridized carbons (Fsp3) is 0.857. The summed E-state index contributed by atoms with van der Waals surface area (Å²) in [5.41, 5.74) is 0. The van der Waals surface area contributed by atoms with Crippen LogP contribution >= 0.6 is 0 Å². The Balaban J connectivity index is 2.37. The molecule has 1 saturated heterocycles. The maximum Gasteiger partial charge on any atom is 0.239 e. The second-order valence-electron chi connectivity index (χ2n) is 5.31. The molecule has 1 aliphatic heterocycles. The molecule has 0 spiro atoms. The summed E-state index contributed by atoms with van der Waals surface area (Å²) < 4.78 is 0. The van der Waals surface area contributed by atoms with Crippen molar-refractivity contribution < 1.29 is 9.59 Å². The third-order valence-electron chi connectivity index (χ3n) is 3.67. The molecule has 0 aromatic rings. The molecule has 1 aliphatic rings. The first kappa shape index (κ1) is 16.9. The molecule has 20 heavy (non-hydrogen) atoms. The Bertz CT molecular complexity index is 316. The summed E-state index contributed by atoms with van der Waals surface area (Å²) in [5.74, 6) is -0.0846. The van der Waals surface area contributed by atoms with Crippen molar-refractivity contribution in [1.29, 1.82) is 0 Å². The first-order chi connectivity index (χ1) is 9.58. The van der Waals surface area contributed by atoms with Gasteiger partial charge in [-0.05, 0) is 25.9 Å². The monoisotopic (exact) mass is 284 g/mol. The third-order valence-corrected chi connectivity index (χ3v) is 3.67. The largest absolute Gasteiger partial charge is 0.355 e. The topological polar surface area (TPSA) is 64.7 Å². The van der Waals surface area contributed by atoms with Crippen molar-refractivity contribution >= 4 is 11.8 Å². The smallest absolute Gasteiger partial charge is 0.239 e. The highest BCUT2D eigenvalue weighted by molar-refractivity contribution is 5.85. The van der Waals surface area contributed by atoms with E-state index >= 15 is 0 Å². The minimum absolute atomic E-state index is 0.00500. The van der Waals surface area contributed by atoms with Crippen molar-refractivity contribution in [1.82, 2.24) is 20.4 Å². The Hall–Kier alpha value is -1.14. The molecule has 0 saturated carbocycles. The van der Waals surface area contributed by atoms with Gasteiger partial charge in [0.1, 0.15) is 0 Å². The van der Waals surface area contributed by atoms with Crippen LogP contribution in [-0.2, 0) is 9.59 Å². The molecule has 1 unspecified atom stereocenters. The van der Waals surface area contributed by atoms with Gasteiger partial charge in [-0.25, -0.2) is 0 Å². The Kier molecular flexibility index (Phi) is 7.54. The molecular weight excluding hydrogens is 256 g/mol. The van der Waals surface area contributed by atoms with Crippen molar-refractivity contribution in [3.63, 3.8) is 0 Å². The maximum absolute atomic E-state index is 12.2. The van der Waals surface area contributed by atoms with E-state index in [0.29, 0.717) is 19.1 Å². The van der Waals surface area contributed by atoms with E-state index in [4.69, 9.17) is 0 Å². The lowest BCUT2D eigenvalue weighted by atomic mass is 10.2. The Morgan fingerprint density at radius 2 is 2.05 bits per heavy atom. The maximum atomic E-state index is 12.2. The number of nitrogens with one attached hydrogen (secondary N) is 2. The molecule has 6 heteroatoms. The number of hydrogen-bond donors (Lipinski definition) is 2. The van der Waals surface area contributed by atoms with Gasteiger partial charge in [-0.15, -0.1) is 0 Å². The fourth-order valence-electron chi connectivity index (χ4n) is 2.37. The van der Waals surface area contributed by atoms with Crippen molar-refractivity contribution in [2.75, 3.05) is 46.3 Å². The SMILES string of the molecule is CCCNC(=O)CN(C)C(=O)CN(CC)C1CCNC1. The highest BCUT2D eigenvalue weighted by Gasteiger charge is 2.24. The molecule has 2 amide bonds. The van der Waals surface area contributed by atoms with E-state index in [1.54, 1.807) is 7.05 Å². The number of hydrogen-bond acceptors (Lipinski definition) is 4. The molecule has 0 bridgehead atoms. The molecule has 0 aromatic carbocycles. The lowest BCUT2D eigenvalue weighted by molar-refractivity contribution is -0.136. The quantitative estimate of drug-likeness (QED) is 0.640. The molecule has 1 rings (SSSR count). The molecule has 1 fully saturated rings. The normalized spacial score (nSPS) is 18.3. The summed E-state index contributed by atoms with van der Waals surface area (Å²) in [6.07, 6.45) is 1.99. The van der Waals surface area contributed by atoms with Crippen molar-refractivity contribution in [2.45, 2.75) is 32.7 Å². The van der Waals surface area contributed by atoms with Crippen LogP contribution < -0.4 is 10.6 Å². The first-order valence-corrected chi connectivity index (χ1v) is 7.53. The van der Waals surface area contributed by atoms with Crippen molar-refractivity contribution in [2.24, 2.45) is 0 Å². The zero-order chi connectivity index (χ0) is 15.0. The minimum atomic E-state index is -0.0896. The molecule has 2 N–H and O–H groups in total. The fourth-order valence-corrected chi connectivity index (χ4v) is 2.37. The van der Waals surface area contributed by atoms with E-state index in [1.165, 1.54) is 4.90 Å². The van der Waals surface area contributed by atoms with Crippen molar-refractivity contribution in [3.8, 4) is 0 Å². The van der Waals surface area contributed by atoms with Gasteiger partial charge in [-0.1, -0.05) is 13.8 Å². The van der Waals surface area contributed by atoms with Gasteiger partial charge in [0.05, 0.1) is 13.1 Å². The van der Waals surface area contributed by atoms with Gasteiger partial charge in [-0.3, -0.25) is 14.5 Å². The number of carbonyl (C=O) groups is 2. The molecular formula is C14H28N4O2. The number of nitrogens with zero attached hydrogens (tertiary/aromatic N) is 2. The van der Waals surface area contributed by atoms with Crippen LogP contribution in [0.4, 0.5) is 0 Å². The summed E-state index contributed by atoms with van der Waals surface area (Å²) >= 11 is 0. The first-order valence-electron chi connectivity index (χ1n) is 7.53. The van der Waals surface area contributed by atoms with Gasteiger partial charge >= 0.3 is 0 Å². The number of likely N-dealkylation sites (N-methyl/N-ethyl adjacent to an activating group) is 2. The Morgan fingerprint density at radius 1 is 1.30 bits per heavy atom. The highest BCUT2D eigenvalue weighted by atomic mass is 16.2. The standard InChI is InChI=1S/C14H28N4O2/c1-4-7-16-13(19)10-17(3)14(20)11-18(5-2)12-6-8-15-9-12/h12,15H,4-11H2,1-3H3,(H,16,19). The Labute approximate surface area is 121 Å². The molecule has 1 heterocycles. The molecule has 0 aliphatic carbocycles. The molecule has 0 aromatic heterocycles. The van der Waals surface area contributed by atoms with E-state index < -0.39 is 0 Å². The highest BCUT2D eigenvalue weighted by Crippen LogP contribution is 2.08. The average Bonchev–Trinajstić information content (AvgIpc) is 2.96. The van der Waals surface area contributed by atoms with Gasteiger partial charge in [0.25, 0.3) is 0 Å². The van der Waals surface area contributed by atoms with Crippen LogP contribution in [0.3, 0.4) is 0 Å². The van der Waals surface area contributed by atoms with Gasteiger partial charge in [-0.2, -0.15) is 0 Å². The van der Waals surface area contributed by atoms with Crippen molar-refractivity contribution in [3.05, 3.63) is 0 Å². The minimum Gasteiger partial charge on any atom is -0.355 e. The summed E-state index contributed by atoms with van der Waals surface area (Å²) in [5, 5.41) is 6.10. The molecule has 0 radical (unpaired) electrons. The molecule has 116 valence electrons. The predicted octanol–water partition coefficient (Wildman–Crippen LogP) is -0.345. The van der Waals surface area contributed by atoms with E-state index in [2.05, 4.69) is 22.5 Å². The van der Waals surface area contributed by atoms with E-state index in [1.807, 2.05) is 6.92 Å². The van der Waals surface area contributed by atoms with Gasteiger partial charge in [0, 0.05) is 26.2 Å². The van der Waals surface area contributed by atoms with Crippen LogP contribution in [0.2, 0.25) is 0 Å². The van der Waals surface area contributed by atoms with Gasteiger partial charge < -0.3 is 15.5 Å². The summed E-state index contributed by atoms with van der Waals surface area (Å²) in [7, 11) is 1.69. The van der Waals surface area contributed by atoms with E-state index in [0.717, 1.165) is 32.5 Å². The second-order valence-corrected chi connectivity index (χ2v) is 5.31. The average molecular weight is 284 g/mol. The predicted molar refractivity (Wildman–Crippen MR) is 79.5 cm³/mol. The van der Waals surface area contributed by atoms with Gasteiger partial charge in [0.15, 0.2) is 0 Å². The van der Waals surface area contributed by atoms with Crippen LogP contribution in [0, 0.1) is 0 Å². The number of amides is 2. The molecule has 6 nitrogen and oxygen atoms in total. The zero-order valence-electron chi connectivity index (χ0n) is 12.9. The number of rotatable bonds is 8. The van der Waals surface area contributed by atoms with E-state index in [-0.39, 0.29) is 18.4 Å². The lowest BCUT2D eigenvalue weighted by Crippen LogP contribution is -2.46. The Morgan fingerprint density at radius 3 is 2.60 bits per heavy atom. The zero-order valence-corrected chi connectivity index (χ0v) is 12.9. The van der Waals surface area contributed by atoms with Gasteiger partial charge in [0.2, 0.25) is 11.8 Å². The third kappa shape index (κ3) is 5.46. The number of carbonyl (C=O) groups excluding carboxylic acids is 2. The summed E-state index contributed by atoms with van der Waals surface area (Å²) in [4.78, 5) is 27.5.